The summed E-state index contributed by atoms with van der Waals surface area (Å²) in [7, 11) is 1.98. The van der Waals surface area contributed by atoms with Gasteiger partial charge < -0.3 is 5.32 Å². The number of fused-ring (bicyclic) bond motifs is 1. The van der Waals surface area contributed by atoms with Crippen molar-refractivity contribution < 1.29 is 0 Å². The smallest absolute Gasteiger partial charge is 0.0868 e. The third-order valence-electron chi connectivity index (χ3n) is 3.85. The van der Waals surface area contributed by atoms with Crippen molar-refractivity contribution in [3.63, 3.8) is 0 Å². The average Bonchev–Trinajstić information content (AvgIpc) is 2.92. The van der Waals surface area contributed by atoms with E-state index in [1.807, 2.05) is 7.05 Å². The molecule has 1 aliphatic carbocycles. The van der Waals surface area contributed by atoms with E-state index in [1.165, 1.54) is 42.5 Å². The number of hydrogen-bond acceptors (Lipinski definition) is 2. The molecule has 0 saturated heterocycles. The van der Waals surface area contributed by atoms with Gasteiger partial charge in [-0.2, -0.15) is 0 Å². The Bertz CT molecular complexity index is 574. The Kier molecular flexibility index (Phi) is 3.25. The highest BCUT2D eigenvalue weighted by atomic mass is 79.9. The number of anilines is 1. The fourth-order valence-corrected chi connectivity index (χ4v) is 3.33. The fraction of sp³-hybridized carbons (Fsp3) is 0.400. The zero-order valence-electron chi connectivity index (χ0n) is 10.5. The van der Waals surface area contributed by atoms with Crippen LogP contribution in [0.25, 0.3) is 10.9 Å². The molecular weight excluding hydrogens is 288 g/mol. The third-order valence-corrected chi connectivity index (χ3v) is 4.49. The first-order valence-electron chi connectivity index (χ1n) is 6.56. The third kappa shape index (κ3) is 2.01. The lowest BCUT2D eigenvalue weighted by Crippen LogP contribution is -2.00. The molecule has 1 aliphatic rings. The quantitative estimate of drug-likeness (QED) is 0.870. The van der Waals surface area contributed by atoms with E-state index >= 15 is 0 Å². The molecule has 0 atom stereocenters. The maximum Gasteiger partial charge on any atom is 0.0868 e. The Labute approximate surface area is 116 Å². The molecule has 0 unspecified atom stereocenters. The first-order chi connectivity index (χ1) is 8.79. The number of halogens is 1. The van der Waals surface area contributed by atoms with Crippen LogP contribution in [0.1, 0.15) is 37.3 Å². The van der Waals surface area contributed by atoms with E-state index in [0.29, 0.717) is 5.92 Å². The molecule has 2 nitrogen and oxygen atoms in total. The number of aromatic nitrogens is 1. The number of nitrogens with zero attached hydrogens (tertiary/aromatic N) is 1. The number of nitrogens with one attached hydrogen (secondary N) is 1. The van der Waals surface area contributed by atoms with Crippen molar-refractivity contribution in [3.8, 4) is 0 Å². The molecule has 0 amide bonds. The highest BCUT2D eigenvalue weighted by Gasteiger charge is 2.20. The standard InChI is InChI=1S/C15H17BrN2/c1-17-14-9-13(10-5-2-3-6-10)18-15-11(14)7-4-8-12(15)16/h4,7-10H,2-3,5-6H2,1H3,(H,17,18). The molecule has 1 fully saturated rings. The summed E-state index contributed by atoms with van der Waals surface area (Å²) in [4.78, 5) is 4.88. The lowest BCUT2D eigenvalue weighted by atomic mass is 10.0. The van der Waals surface area contributed by atoms with Crippen molar-refractivity contribution in [2.45, 2.75) is 31.6 Å². The molecule has 1 aromatic carbocycles. The van der Waals surface area contributed by atoms with Crippen LogP contribution in [0.2, 0.25) is 0 Å². The molecular formula is C15H17BrN2. The number of para-hydroxylation sites is 1. The molecule has 0 spiro atoms. The van der Waals surface area contributed by atoms with Crippen LogP contribution in [0.15, 0.2) is 28.7 Å². The van der Waals surface area contributed by atoms with Gasteiger partial charge in [0.2, 0.25) is 0 Å². The van der Waals surface area contributed by atoms with Crippen molar-refractivity contribution in [1.82, 2.24) is 4.98 Å². The summed E-state index contributed by atoms with van der Waals surface area (Å²) in [5, 5.41) is 4.49. The molecule has 0 radical (unpaired) electrons. The first-order valence-corrected chi connectivity index (χ1v) is 7.36. The maximum atomic E-state index is 4.88. The molecule has 0 aliphatic heterocycles. The zero-order valence-corrected chi connectivity index (χ0v) is 12.1. The second-order valence-corrected chi connectivity index (χ2v) is 5.82. The van der Waals surface area contributed by atoms with Crippen molar-refractivity contribution in [3.05, 3.63) is 34.4 Å². The molecule has 1 heterocycles. The summed E-state index contributed by atoms with van der Waals surface area (Å²) in [5.41, 5.74) is 3.51. The highest BCUT2D eigenvalue weighted by molar-refractivity contribution is 9.10. The van der Waals surface area contributed by atoms with E-state index in [-0.39, 0.29) is 0 Å². The van der Waals surface area contributed by atoms with Crippen LogP contribution in [0.5, 0.6) is 0 Å². The van der Waals surface area contributed by atoms with Crippen molar-refractivity contribution in [2.75, 3.05) is 12.4 Å². The largest absolute Gasteiger partial charge is 0.388 e. The normalized spacial score (nSPS) is 16.3. The molecule has 1 N–H and O–H groups in total. The summed E-state index contributed by atoms with van der Waals surface area (Å²) < 4.78 is 1.08. The Morgan fingerprint density at radius 2 is 2.06 bits per heavy atom. The highest BCUT2D eigenvalue weighted by Crippen LogP contribution is 2.37. The predicted molar refractivity (Wildman–Crippen MR) is 80.2 cm³/mol. The Balaban J connectivity index is 2.19. The molecule has 94 valence electrons. The fourth-order valence-electron chi connectivity index (χ4n) is 2.87. The molecule has 3 rings (SSSR count). The summed E-state index contributed by atoms with van der Waals surface area (Å²) in [5.74, 6) is 0.647. The number of benzene rings is 1. The summed E-state index contributed by atoms with van der Waals surface area (Å²) in [6, 6.07) is 8.47. The van der Waals surface area contributed by atoms with Crippen LogP contribution >= 0.6 is 15.9 Å². The van der Waals surface area contributed by atoms with Gasteiger partial charge >= 0.3 is 0 Å². The molecule has 18 heavy (non-hydrogen) atoms. The minimum absolute atomic E-state index is 0.647. The van der Waals surface area contributed by atoms with E-state index in [9.17, 15) is 0 Å². The molecule has 2 aromatic rings. The monoisotopic (exact) mass is 304 g/mol. The Morgan fingerprint density at radius 1 is 1.28 bits per heavy atom. The second kappa shape index (κ2) is 4.88. The van der Waals surface area contributed by atoms with Crippen LogP contribution in [-0.2, 0) is 0 Å². The van der Waals surface area contributed by atoms with Gasteiger partial charge in [-0.3, -0.25) is 4.98 Å². The Morgan fingerprint density at radius 3 is 2.78 bits per heavy atom. The summed E-state index contributed by atoms with van der Waals surface area (Å²) in [6.07, 6.45) is 5.25. The average molecular weight is 305 g/mol. The molecule has 0 bridgehead atoms. The van der Waals surface area contributed by atoms with E-state index < -0.39 is 0 Å². The first kappa shape index (κ1) is 12.0. The minimum atomic E-state index is 0.647. The topological polar surface area (TPSA) is 24.9 Å². The molecule has 1 saturated carbocycles. The van der Waals surface area contributed by atoms with E-state index in [1.54, 1.807) is 0 Å². The van der Waals surface area contributed by atoms with Gasteiger partial charge in [0.25, 0.3) is 0 Å². The second-order valence-electron chi connectivity index (χ2n) is 4.96. The van der Waals surface area contributed by atoms with Gasteiger partial charge in [-0.05, 0) is 40.9 Å². The lowest BCUT2D eigenvalue weighted by Gasteiger charge is -2.14. The van der Waals surface area contributed by atoms with Crippen LogP contribution < -0.4 is 5.32 Å². The molecule has 3 heteroatoms. The lowest BCUT2D eigenvalue weighted by molar-refractivity contribution is 0.701. The summed E-state index contributed by atoms with van der Waals surface area (Å²) >= 11 is 3.61. The van der Waals surface area contributed by atoms with E-state index in [0.717, 1.165) is 9.99 Å². The van der Waals surface area contributed by atoms with Gasteiger partial charge in [-0.25, -0.2) is 0 Å². The number of rotatable bonds is 2. The van der Waals surface area contributed by atoms with Gasteiger partial charge in [0.05, 0.1) is 5.52 Å². The van der Waals surface area contributed by atoms with E-state index in [4.69, 9.17) is 4.98 Å². The van der Waals surface area contributed by atoms with Crippen molar-refractivity contribution in [1.29, 1.82) is 0 Å². The SMILES string of the molecule is CNc1cc(C2CCCC2)nc2c(Br)cccc12. The van der Waals surface area contributed by atoms with Crippen molar-refractivity contribution in [2.24, 2.45) is 0 Å². The van der Waals surface area contributed by atoms with Crippen LogP contribution in [0.4, 0.5) is 5.69 Å². The number of pyridine rings is 1. The number of hydrogen-bond donors (Lipinski definition) is 1. The van der Waals surface area contributed by atoms with Gasteiger partial charge in [0, 0.05) is 34.2 Å². The molecule has 1 aromatic heterocycles. The van der Waals surface area contributed by atoms with Gasteiger partial charge in [-0.15, -0.1) is 0 Å². The van der Waals surface area contributed by atoms with Gasteiger partial charge in [0.15, 0.2) is 0 Å². The van der Waals surface area contributed by atoms with E-state index in [2.05, 4.69) is 45.5 Å². The van der Waals surface area contributed by atoms with Crippen molar-refractivity contribution >= 4 is 32.5 Å². The summed E-state index contributed by atoms with van der Waals surface area (Å²) in [6.45, 7) is 0. The van der Waals surface area contributed by atoms with Gasteiger partial charge in [-0.1, -0.05) is 25.0 Å². The van der Waals surface area contributed by atoms with Crippen LogP contribution in [0.3, 0.4) is 0 Å². The Hall–Kier alpha value is -1.09. The van der Waals surface area contributed by atoms with Crippen LogP contribution in [0, 0.1) is 0 Å². The van der Waals surface area contributed by atoms with Crippen LogP contribution in [-0.4, -0.2) is 12.0 Å². The maximum absolute atomic E-state index is 4.88. The zero-order chi connectivity index (χ0) is 12.5. The predicted octanol–water partition coefficient (Wildman–Crippen LogP) is 4.70. The van der Waals surface area contributed by atoms with Gasteiger partial charge in [0.1, 0.15) is 0 Å². The minimum Gasteiger partial charge on any atom is -0.388 e.